The summed E-state index contributed by atoms with van der Waals surface area (Å²) in [5, 5.41) is 7.64. The molecule has 0 spiro atoms. The first kappa shape index (κ1) is 15.1. The number of hydrogen-bond acceptors (Lipinski definition) is 5. The zero-order chi connectivity index (χ0) is 16.2. The molecule has 0 aliphatic carbocycles. The summed E-state index contributed by atoms with van der Waals surface area (Å²) in [4.78, 5) is 13.3. The lowest BCUT2D eigenvalue weighted by Gasteiger charge is -2.09. The van der Waals surface area contributed by atoms with Crippen LogP contribution in [0.2, 0.25) is 0 Å². The Balaban J connectivity index is 1.85. The molecule has 23 heavy (non-hydrogen) atoms. The Hall–Kier alpha value is -2.76. The van der Waals surface area contributed by atoms with Crippen molar-refractivity contribution in [3.05, 3.63) is 53.7 Å². The fourth-order valence-electron chi connectivity index (χ4n) is 2.30. The lowest BCUT2D eigenvalue weighted by molar-refractivity contribution is 0.738. The molecule has 3 heterocycles. The van der Waals surface area contributed by atoms with E-state index in [2.05, 4.69) is 39.2 Å². The molecule has 0 radical (unpaired) electrons. The van der Waals surface area contributed by atoms with Gasteiger partial charge in [0.05, 0.1) is 6.20 Å². The van der Waals surface area contributed by atoms with Crippen molar-refractivity contribution in [2.45, 2.75) is 26.8 Å². The summed E-state index contributed by atoms with van der Waals surface area (Å²) in [6.07, 6.45) is 6.25. The van der Waals surface area contributed by atoms with Crippen LogP contribution in [0.25, 0.3) is 11.4 Å². The molecule has 0 fully saturated rings. The Labute approximate surface area is 135 Å². The fourth-order valence-corrected chi connectivity index (χ4v) is 2.30. The molecule has 0 aliphatic heterocycles. The van der Waals surface area contributed by atoms with Crippen molar-refractivity contribution in [3.8, 4) is 11.4 Å². The average Bonchev–Trinajstić information content (AvgIpc) is 2.92. The third-order valence-electron chi connectivity index (χ3n) is 3.88. The molecule has 3 aromatic heterocycles. The van der Waals surface area contributed by atoms with E-state index in [4.69, 9.17) is 0 Å². The lowest BCUT2D eigenvalue weighted by Crippen LogP contribution is -2.05. The molecule has 0 atom stereocenters. The quantitative estimate of drug-likeness (QED) is 0.785. The number of anilines is 1. The van der Waals surface area contributed by atoms with E-state index in [0.717, 1.165) is 40.6 Å². The van der Waals surface area contributed by atoms with Gasteiger partial charge in [0.25, 0.3) is 0 Å². The Morgan fingerprint density at radius 3 is 2.61 bits per heavy atom. The second-order valence-corrected chi connectivity index (χ2v) is 5.39. The van der Waals surface area contributed by atoms with Gasteiger partial charge in [-0.15, -0.1) is 0 Å². The fraction of sp³-hybridized carbons (Fsp3) is 0.294. The van der Waals surface area contributed by atoms with Crippen LogP contribution in [0.1, 0.15) is 23.9 Å². The Morgan fingerprint density at radius 2 is 1.96 bits per heavy atom. The number of aryl methyl sites for hydroxylation is 2. The molecule has 3 rings (SSSR count). The summed E-state index contributed by atoms with van der Waals surface area (Å²) < 4.78 is 1.87. The second-order valence-electron chi connectivity index (χ2n) is 5.39. The van der Waals surface area contributed by atoms with Gasteiger partial charge in [0, 0.05) is 54.6 Å². The maximum atomic E-state index is 4.63. The normalized spacial score (nSPS) is 10.7. The molecule has 118 valence electrons. The molecule has 0 bridgehead atoms. The largest absolute Gasteiger partial charge is 0.366 e. The highest BCUT2D eigenvalue weighted by molar-refractivity contribution is 5.56. The maximum Gasteiger partial charge on any atom is 0.161 e. The van der Waals surface area contributed by atoms with E-state index in [1.165, 1.54) is 0 Å². The number of nitrogens with zero attached hydrogens (tertiary/aromatic N) is 5. The van der Waals surface area contributed by atoms with Gasteiger partial charge in [0.1, 0.15) is 5.82 Å². The Kier molecular flexibility index (Phi) is 4.32. The van der Waals surface area contributed by atoms with E-state index in [1.807, 2.05) is 36.1 Å². The Bertz CT molecular complexity index is 794. The molecule has 6 heteroatoms. The molecule has 1 N–H and O–H groups in total. The SMILES string of the molecule is CCc1cc(NCc2cnn(C)c2C)nc(-c2ccncc2)n1. The zero-order valence-corrected chi connectivity index (χ0v) is 13.6. The summed E-state index contributed by atoms with van der Waals surface area (Å²) in [5.74, 6) is 1.55. The van der Waals surface area contributed by atoms with E-state index in [-0.39, 0.29) is 0 Å². The van der Waals surface area contributed by atoms with Gasteiger partial charge in [-0.25, -0.2) is 9.97 Å². The van der Waals surface area contributed by atoms with Crippen LogP contribution in [0.3, 0.4) is 0 Å². The standard InChI is InChI=1S/C17H20N6/c1-4-15-9-16(19-10-14-11-20-23(3)12(14)2)22-17(21-15)13-5-7-18-8-6-13/h5-9,11H,4,10H2,1-3H3,(H,19,21,22). The van der Waals surface area contributed by atoms with Crippen LogP contribution >= 0.6 is 0 Å². The van der Waals surface area contributed by atoms with Crippen molar-refractivity contribution >= 4 is 5.82 Å². The molecule has 0 saturated heterocycles. The summed E-state index contributed by atoms with van der Waals surface area (Å²) in [6, 6.07) is 5.84. The third-order valence-corrected chi connectivity index (χ3v) is 3.88. The first-order chi connectivity index (χ1) is 11.2. The monoisotopic (exact) mass is 308 g/mol. The number of pyridine rings is 1. The minimum Gasteiger partial charge on any atom is -0.366 e. The lowest BCUT2D eigenvalue weighted by atomic mass is 10.2. The van der Waals surface area contributed by atoms with Crippen molar-refractivity contribution in [2.75, 3.05) is 5.32 Å². The van der Waals surface area contributed by atoms with Crippen LogP contribution < -0.4 is 5.32 Å². The molecule has 0 aliphatic rings. The maximum absolute atomic E-state index is 4.63. The summed E-state index contributed by atoms with van der Waals surface area (Å²) in [7, 11) is 1.94. The minimum absolute atomic E-state index is 0.690. The minimum atomic E-state index is 0.690. The number of aromatic nitrogens is 5. The van der Waals surface area contributed by atoms with Gasteiger partial charge in [-0.3, -0.25) is 9.67 Å². The van der Waals surface area contributed by atoms with E-state index in [1.54, 1.807) is 12.4 Å². The molecule has 3 aromatic rings. The van der Waals surface area contributed by atoms with Crippen LogP contribution in [-0.4, -0.2) is 24.7 Å². The molecule has 0 saturated carbocycles. The predicted molar refractivity (Wildman–Crippen MR) is 89.9 cm³/mol. The van der Waals surface area contributed by atoms with E-state index in [9.17, 15) is 0 Å². The summed E-state index contributed by atoms with van der Waals surface area (Å²) in [5.41, 5.74) is 4.29. The van der Waals surface area contributed by atoms with E-state index in [0.29, 0.717) is 6.54 Å². The van der Waals surface area contributed by atoms with Crippen LogP contribution in [0.15, 0.2) is 36.8 Å². The van der Waals surface area contributed by atoms with Crippen molar-refractivity contribution in [2.24, 2.45) is 7.05 Å². The highest BCUT2D eigenvalue weighted by atomic mass is 15.3. The average molecular weight is 308 g/mol. The van der Waals surface area contributed by atoms with Gasteiger partial charge in [0.15, 0.2) is 5.82 Å². The van der Waals surface area contributed by atoms with Crippen molar-refractivity contribution in [1.82, 2.24) is 24.7 Å². The molecule has 0 amide bonds. The van der Waals surface area contributed by atoms with Crippen molar-refractivity contribution in [3.63, 3.8) is 0 Å². The molecular weight excluding hydrogens is 288 g/mol. The topological polar surface area (TPSA) is 68.5 Å². The van der Waals surface area contributed by atoms with Crippen molar-refractivity contribution < 1.29 is 0 Å². The summed E-state index contributed by atoms with van der Waals surface area (Å²) in [6.45, 7) is 4.84. The van der Waals surface area contributed by atoms with Gasteiger partial charge in [0.2, 0.25) is 0 Å². The zero-order valence-electron chi connectivity index (χ0n) is 13.6. The third kappa shape index (κ3) is 3.36. The van der Waals surface area contributed by atoms with Crippen LogP contribution in [0.4, 0.5) is 5.82 Å². The number of rotatable bonds is 5. The molecule has 0 aromatic carbocycles. The molecule has 6 nitrogen and oxygen atoms in total. The predicted octanol–water partition coefficient (Wildman–Crippen LogP) is 2.76. The molecule has 0 unspecified atom stereocenters. The van der Waals surface area contributed by atoms with Crippen LogP contribution in [-0.2, 0) is 20.0 Å². The first-order valence-corrected chi connectivity index (χ1v) is 7.67. The number of nitrogens with one attached hydrogen (secondary N) is 1. The van der Waals surface area contributed by atoms with Gasteiger partial charge in [-0.2, -0.15) is 5.10 Å². The second kappa shape index (κ2) is 6.56. The molecular formula is C17H20N6. The number of hydrogen-bond donors (Lipinski definition) is 1. The Morgan fingerprint density at radius 1 is 1.17 bits per heavy atom. The summed E-state index contributed by atoms with van der Waals surface area (Å²) >= 11 is 0. The van der Waals surface area contributed by atoms with Crippen LogP contribution in [0.5, 0.6) is 0 Å². The first-order valence-electron chi connectivity index (χ1n) is 7.67. The van der Waals surface area contributed by atoms with Crippen molar-refractivity contribution in [1.29, 1.82) is 0 Å². The smallest absolute Gasteiger partial charge is 0.161 e. The van der Waals surface area contributed by atoms with E-state index >= 15 is 0 Å². The highest BCUT2D eigenvalue weighted by Gasteiger charge is 2.08. The van der Waals surface area contributed by atoms with Crippen LogP contribution in [0, 0.1) is 6.92 Å². The van der Waals surface area contributed by atoms with Gasteiger partial charge < -0.3 is 5.32 Å². The van der Waals surface area contributed by atoms with Gasteiger partial charge >= 0.3 is 0 Å². The van der Waals surface area contributed by atoms with Gasteiger partial charge in [-0.1, -0.05) is 6.92 Å². The van der Waals surface area contributed by atoms with E-state index < -0.39 is 0 Å². The van der Waals surface area contributed by atoms with Gasteiger partial charge in [-0.05, 0) is 25.5 Å². The highest BCUT2D eigenvalue weighted by Crippen LogP contribution is 2.18.